The highest BCUT2D eigenvalue weighted by Gasteiger charge is 2.26. The molecule has 0 radical (unpaired) electrons. The van der Waals surface area contributed by atoms with Gasteiger partial charge in [0.15, 0.2) is 0 Å². The normalized spacial score (nSPS) is 16.5. The Hall–Kier alpha value is -0.660. The van der Waals surface area contributed by atoms with Crippen LogP contribution in [0.5, 0.6) is 0 Å². The molecule has 1 aliphatic heterocycles. The third kappa shape index (κ3) is 12.6. The minimum atomic E-state index is 0.608. The van der Waals surface area contributed by atoms with E-state index in [1.165, 1.54) is 116 Å². The van der Waals surface area contributed by atoms with Gasteiger partial charge in [-0.05, 0) is 33.6 Å². The Balaban J connectivity index is 1.83. The molecular weight excluding hydrogens is 352 g/mol. The molecule has 29 heavy (non-hydrogen) atoms. The van der Waals surface area contributed by atoms with Gasteiger partial charge in [-0.2, -0.15) is 0 Å². The van der Waals surface area contributed by atoms with E-state index in [-0.39, 0.29) is 0 Å². The quantitative estimate of drug-likeness (QED) is 0.186. The van der Waals surface area contributed by atoms with Crippen molar-refractivity contribution in [2.24, 2.45) is 0 Å². The van der Waals surface area contributed by atoms with Crippen molar-refractivity contribution in [2.75, 3.05) is 6.54 Å². The van der Waals surface area contributed by atoms with Gasteiger partial charge < -0.3 is 9.80 Å². The molecular formula is C27H54N2. The smallest absolute Gasteiger partial charge is 0.101 e. The molecule has 0 saturated heterocycles. The zero-order valence-electron chi connectivity index (χ0n) is 20.6. The van der Waals surface area contributed by atoms with Crippen LogP contribution < -0.4 is 0 Å². The number of hydrogen-bond acceptors (Lipinski definition) is 2. The fraction of sp³-hybridized carbons (Fsp3) is 0.926. The Labute approximate surface area is 184 Å². The van der Waals surface area contributed by atoms with Gasteiger partial charge in [0.1, 0.15) is 6.17 Å². The molecule has 0 amide bonds. The first-order valence-corrected chi connectivity index (χ1v) is 13.4. The molecule has 2 heteroatoms. The summed E-state index contributed by atoms with van der Waals surface area (Å²) in [4.78, 5) is 5.04. The molecule has 0 saturated carbocycles. The van der Waals surface area contributed by atoms with E-state index in [1.807, 2.05) is 0 Å². The lowest BCUT2D eigenvalue weighted by Gasteiger charge is -2.34. The maximum atomic E-state index is 2.54. The standard InChI is InChI=1S/C27H54N2/c1-5-7-8-9-10-11-12-13-14-15-16-17-18-19-20-21-22-23-27-28(6-2)24-25-29(27)26(3)4/h24-27H,5-23H2,1-4H3. The second-order valence-electron chi connectivity index (χ2n) is 9.60. The first kappa shape index (κ1) is 26.4. The van der Waals surface area contributed by atoms with Gasteiger partial charge in [-0.15, -0.1) is 0 Å². The van der Waals surface area contributed by atoms with Gasteiger partial charge in [0.2, 0.25) is 0 Å². The SMILES string of the molecule is CCCCCCCCCCCCCCCCCCCC1N(CC)C=CN1C(C)C. The van der Waals surface area contributed by atoms with Gasteiger partial charge in [-0.1, -0.05) is 110 Å². The van der Waals surface area contributed by atoms with E-state index in [0.29, 0.717) is 12.2 Å². The molecule has 1 unspecified atom stereocenters. The summed E-state index contributed by atoms with van der Waals surface area (Å²) >= 11 is 0. The molecule has 0 bridgehead atoms. The molecule has 0 spiro atoms. The predicted molar refractivity (Wildman–Crippen MR) is 131 cm³/mol. The van der Waals surface area contributed by atoms with Crippen LogP contribution in [-0.4, -0.2) is 28.6 Å². The summed E-state index contributed by atoms with van der Waals surface area (Å²) < 4.78 is 0. The van der Waals surface area contributed by atoms with Crippen molar-refractivity contribution < 1.29 is 0 Å². The summed E-state index contributed by atoms with van der Waals surface area (Å²) in [6, 6.07) is 0.610. The Morgan fingerprint density at radius 2 is 1.00 bits per heavy atom. The molecule has 0 aliphatic carbocycles. The molecule has 0 aromatic heterocycles. The van der Waals surface area contributed by atoms with E-state index in [1.54, 1.807) is 0 Å². The summed E-state index contributed by atoms with van der Waals surface area (Å²) in [7, 11) is 0. The molecule has 1 aliphatic rings. The molecule has 0 aromatic rings. The lowest BCUT2D eigenvalue weighted by Crippen LogP contribution is -2.41. The number of unbranched alkanes of at least 4 members (excludes halogenated alkanes) is 16. The zero-order valence-corrected chi connectivity index (χ0v) is 20.6. The van der Waals surface area contributed by atoms with Crippen LogP contribution in [0.15, 0.2) is 12.4 Å². The van der Waals surface area contributed by atoms with E-state index in [0.717, 1.165) is 6.54 Å². The number of rotatable bonds is 20. The van der Waals surface area contributed by atoms with Crippen LogP contribution in [0.4, 0.5) is 0 Å². The Morgan fingerprint density at radius 1 is 0.586 bits per heavy atom. The fourth-order valence-electron chi connectivity index (χ4n) is 4.73. The average molecular weight is 407 g/mol. The third-order valence-corrected chi connectivity index (χ3v) is 6.68. The summed E-state index contributed by atoms with van der Waals surface area (Å²) in [6.07, 6.45) is 31.2. The van der Waals surface area contributed by atoms with Crippen molar-refractivity contribution in [1.29, 1.82) is 0 Å². The highest BCUT2D eigenvalue weighted by molar-refractivity contribution is 4.97. The summed E-state index contributed by atoms with van der Waals surface area (Å²) in [5.41, 5.74) is 0. The zero-order chi connectivity index (χ0) is 21.2. The lowest BCUT2D eigenvalue weighted by atomic mass is 10.0. The van der Waals surface area contributed by atoms with Crippen molar-refractivity contribution in [3.05, 3.63) is 12.4 Å². The molecule has 0 fully saturated rings. The van der Waals surface area contributed by atoms with Crippen molar-refractivity contribution in [3.8, 4) is 0 Å². The van der Waals surface area contributed by atoms with Gasteiger partial charge in [-0.25, -0.2) is 0 Å². The van der Waals surface area contributed by atoms with Crippen LogP contribution in [0.25, 0.3) is 0 Å². The van der Waals surface area contributed by atoms with Gasteiger partial charge in [0, 0.05) is 25.0 Å². The van der Waals surface area contributed by atoms with Crippen molar-refractivity contribution in [2.45, 2.75) is 155 Å². The molecule has 0 aromatic carbocycles. The van der Waals surface area contributed by atoms with Crippen molar-refractivity contribution in [3.63, 3.8) is 0 Å². The lowest BCUT2D eigenvalue weighted by molar-refractivity contribution is 0.119. The van der Waals surface area contributed by atoms with Crippen LogP contribution in [-0.2, 0) is 0 Å². The van der Waals surface area contributed by atoms with Crippen molar-refractivity contribution in [1.82, 2.24) is 9.80 Å². The summed E-state index contributed by atoms with van der Waals surface area (Å²) in [5, 5.41) is 0. The number of nitrogens with zero attached hydrogens (tertiary/aromatic N) is 2. The van der Waals surface area contributed by atoms with Crippen LogP contribution in [0.3, 0.4) is 0 Å². The second kappa shape index (κ2) is 18.1. The van der Waals surface area contributed by atoms with E-state index >= 15 is 0 Å². The highest BCUT2D eigenvalue weighted by atomic mass is 15.4. The average Bonchev–Trinajstić information content (AvgIpc) is 3.13. The topological polar surface area (TPSA) is 6.48 Å². The number of hydrogen-bond donors (Lipinski definition) is 0. The van der Waals surface area contributed by atoms with Crippen LogP contribution >= 0.6 is 0 Å². The summed E-state index contributed by atoms with van der Waals surface area (Å²) in [5.74, 6) is 0. The predicted octanol–water partition coefficient (Wildman–Crippen LogP) is 8.87. The largest absolute Gasteiger partial charge is 0.356 e. The van der Waals surface area contributed by atoms with E-state index in [9.17, 15) is 0 Å². The van der Waals surface area contributed by atoms with Crippen LogP contribution in [0.2, 0.25) is 0 Å². The molecule has 1 heterocycles. The van der Waals surface area contributed by atoms with Gasteiger partial charge >= 0.3 is 0 Å². The maximum absolute atomic E-state index is 2.54. The third-order valence-electron chi connectivity index (χ3n) is 6.68. The summed E-state index contributed by atoms with van der Waals surface area (Å²) in [6.45, 7) is 10.3. The monoisotopic (exact) mass is 406 g/mol. The van der Waals surface area contributed by atoms with Gasteiger partial charge in [0.05, 0.1) is 0 Å². The van der Waals surface area contributed by atoms with E-state index < -0.39 is 0 Å². The molecule has 1 atom stereocenters. The minimum absolute atomic E-state index is 0.608. The molecule has 172 valence electrons. The fourth-order valence-corrected chi connectivity index (χ4v) is 4.73. The highest BCUT2D eigenvalue weighted by Crippen LogP contribution is 2.23. The molecule has 0 N–H and O–H groups in total. The Morgan fingerprint density at radius 3 is 1.38 bits per heavy atom. The van der Waals surface area contributed by atoms with E-state index in [2.05, 4.69) is 49.9 Å². The van der Waals surface area contributed by atoms with Crippen LogP contribution in [0.1, 0.15) is 143 Å². The van der Waals surface area contributed by atoms with Crippen LogP contribution in [0, 0.1) is 0 Å². The van der Waals surface area contributed by atoms with Crippen molar-refractivity contribution >= 4 is 0 Å². The second-order valence-corrected chi connectivity index (χ2v) is 9.60. The Bertz CT molecular complexity index is 377. The van der Waals surface area contributed by atoms with Gasteiger partial charge in [0.25, 0.3) is 0 Å². The first-order valence-electron chi connectivity index (χ1n) is 13.4. The minimum Gasteiger partial charge on any atom is -0.356 e. The van der Waals surface area contributed by atoms with Gasteiger partial charge in [-0.3, -0.25) is 0 Å². The Kier molecular flexibility index (Phi) is 16.5. The maximum Gasteiger partial charge on any atom is 0.101 e. The molecule has 2 nitrogen and oxygen atoms in total. The van der Waals surface area contributed by atoms with E-state index in [4.69, 9.17) is 0 Å². The molecule has 1 rings (SSSR count). The first-order chi connectivity index (χ1) is 14.2.